The highest BCUT2D eigenvalue weighted by atomic mass is 32.1. The summed E-state index contributed by atoms with van der Waals surface area (Å²) in [4.78, 5) is 23.1. The van der Waals surface area contributed by atoms with E-state index >= 15 is 0 Å². The van der Waals surface area contributed by atoms with E-state index in [2.05, 4.69) is 33.2 Å². The number of anilines is 2. The van der Waals surface area contributed by atoms with Gasteiger partial charge in [0.1, 0.15) is 6.33 Å². The quantitative estimate of drug-likeness (QED) is 0.595. The first kappa shape index (κ1) is 17.6. The standard InChI is InChI=1S/C17H23N5O2S/c1-2-13-6-3-4-10-21(13)17-15(22(23)24)16(19-12-20-17)18-9-8-14-7-5-11-25-14/h5,7,11-13H,2-4,6,8-10H2,1H3,(H,18,19,20). The predicted molar refractivity (Wildman–Crippen MR) is 100 cm³/mol. The Morgan fingerprint density at radius 1 is 1.44 bits per heavy atom. The molecule has 1 fully saturated rings. The van der Waals surface area contributed by atoms with E-state index in [-0.39, 0.29) is 10.6 Å². The lowest BCUT2D eigenvalue weighted by Gasteiger charge is -2.35. The van der Waals surface area contributed by atoms with Crippen molar-refractivity contribution in [2.75, 3.05) is 23.3 Å². The monoisotopic (exact) mass is 361 g/mol. The maximum Gasteiger partial charge on any atom is 0.353 e. The molecular formula is C17H23N5O2S. The van der Waals surface area contributed by atoms with Crippen molar-refractivity contribution in [2.45, 2.75) is 45.1 Å². The van der Waals surface area contributed by atoms with E-state index in [1.807, 2.05) is 11.4 Å². The van der Waals surface area contributed by atoms with Crippen LogP contribution in [-0.4, -0.2) is 34.0 Å². The van der Waals surface area contributed by atoms with Crippen LogP contribution in [-0.2, 0) is 6.42 Å². The first-order valence-electron chi connectivity index (χ1n) is 8.73. The Hall–Kier alpha value is -2.22. The van der Waals surface area contributed by atoms with Gasteiger partial charge in [-0.1, -0.05) is 13.0 Å². The number of piperidine rings is 1. The van der Waals surface area contributed by atoms with Gasteiger partial charge in [0.05, 0.1) is 4.92 Å². The number of hydrogen-bond acceptors (Lipinski definition) is 7. The van der Waals surface area contributed by atoms with Crippen LogP contribution in [0.2, 0.25) is 0 Å². The van der Waals surface area contributed by atoms with Crippen LogP contribution in [0.4, 0.5) is 17.3 Å². The van der Waals surface area contributed by atoms with Crippen molar-refractivity contribution in [3.05, 3.63) is 38.8 Å². The summed E-state index contributed by atoms with van der Waals surface area (Å²) in [6.07, 6.45) is 6.46. The molecule has 0 saturated carbocycles. The first-order valence-corrected chi connectivity index (χ1v) is 9.61. The maximum absolute atomic E-state index is 11.7. The third kappa shape index (κ3) is 4.07. The van der Waals surface area contributed by atoms with E-state index in [4.69, 9.17) is 0 Å². The van der Waals surface area contributed by atoms with Crippen molar-refractivity contribution < 1.29 is 4.92 Å². The van der Waals surface area contributed by atoms with Crippen LogP contribution in [0.15, 0.2) is 23.8 Å². The zero-order valence-corrected chi connectivity index (χ0v) is 15.2. The highest BCUT2D eigenvalue weighted by Crippen LogP contribution is 2.35. The third-order valence-electron chi connectivity index (χ3n) is 4.60. The van der Waals surface area contributed by atoms with E-state index in [0.717, 1.165) is 32.2 Å². The van der Waals surface area contributed by atoms with Gasteiger partial charge in [0, 0.05) is 24.0 Å². The summed E-state index contributed by atoms with van der Waals surface area (Å²) in [6, 6.07) is 4.37. The Kier molecular flexibility index (Phi) is 5.80. The SMILES string of the molecule is CCC1CCCCN1c1ncnc(NCCc2cccs2)c1[N+](=O)[O-]. The lowest BCUT2D eigenvalue weighted by Crippen LogP contribution is -2.40. The fourth-order valence-corrected chi connectivity index (χ4v) is 4.05. The van der Waals surface area contributed by atoms with Gasteiger partial charge in [-0.3, -0.25) is 10.1 Å². The molecule has 2 aromatic rings. The minimum absolute atomic E-state index is 0.00553. The lowest BCUT2D eigenvalue weighted by molar-refractivity contribution is -0.383. The number of nitrogens with zero attached hydrogens (tertiary/aromatic N) is 4. The summed E-state index contributed by atoms with van der Waals surface area (Å²) in [7, 11) is 0. The minimum Gasteiger partial charge on any atom is -0.364 e. The van der Waals surface area contributed by atoms with Crippen LogP contribution in [0.5, 0.6) is 0 Å². The molecule has 3 heterocycles. The number of hydrogen-bond donors (Lipinski definition) is 1. The molecule has 1 saturated heterocycles. The van der Waals surface area contributed by atoms with Crippen LogP contribution in [0.1, 0.15) is 37.5 Å². The zero-order valence-electron chi connectivity index (χ0n) is 14.4. The highest BCUT2D eigenvalue weighted by molar-refractivity contribution is 7.09. The van der Waals surface area contributed by atoms with E-state index < -0.39 is 0 Å². The molecule has 2 aromatic heterocycles. The summed E-state index contributed by atoms with van der Waals surface area (Å²) >= 11 is 1.68. The first-order chi connectivity index (χ1) is 12.2. The summed E-state index contributed by atoms with van der Waals surface area (Å²) in [5, 5.41) is 16.9. The largest absolute Gasteiger partial charge is 0.364 e. The maximum atomic E-state index is 11.7. The van der Waals surface area contributed by atoms with Gasteiger partial charge in [-0.15, -0.1) is 11.3 Å². The second kappa shape index (κ2) is 8.24. The molecule has 0 bridgehead atoms. The fourth-order valence-electron chi connectivity index (χ4n) is 3.34. The molecule has 8 heteroatoms. The average Bonchev–Trinajstić information content (AvgIpc) is 3.14. The highest BCUT2D eigenvalue weighted by Gasteiger charge is 2.31. The van der Waals surface area contributed by atoms with Crippen LogP contribution >= 0.6 is 11.3 Å². The molecule has 25 heavy (non-hydrogen) atoms. The van der Waals surface area contributed by atoms with E-state index in [1.54, 1.807) is 11.3 Å². The molecule has 1 aliphatic rings. The Balaban J connectivity index is 1.82. The predicted octanol–water partition coefficient (Wildman–Crippen LogP) is 3.87. The molecule has 1 aliphatic heterocycles. The minimum atomic E-state index is -0.357. The molecule has 0 spiro atoms. The van der Waals surface area contributed by atoms with Crippen LogP contribution in [0.3, 0.4) is 0 Å². The molecule has 0 radical (unpaired) electrons. The summed E-state index contributed by atoms with van der Waals surface area (Å²) in [5.74, 6) is 0.761. The average molecular weight is 361 g/mol. The van der Waals surface area contributed by atoms with E-state index in [0.29, 0.717) is 24.2 Å². The van der Waals surface area contributed by atoms with Gasteiger partial charge in [0.25, 0.3) is 0 Å². The van der Waals surface area contributed by atoms with E-state index in [9.17, 15) is 10.1 Å². The molecule has 1 atom stereocenters. The Morgan fingerprint density at radius 2 is 2.32 bits per heavy atom. The van der Waals surface area contributed by atoms with Crippen molar-refractivity contribution in [3.63, 3.8) is 0 Å². The van der Waals surface area contributed by atoms with Gasteiger partial charge in [-0.05, 0) is 43.6 Å². The Bertz CT molecular complexity index is 707. The fraction of sp³-hybridized carbons (Fsp3) is 0.529. The van der Waals surface area contributed by atoms with Gasteiger partial charge in [0.15, 0.2) is 0 Å². The molecule has 3 rings (SSSR count). The smallest absolute Gasteiger partial charge is 0.353 e. The van der Waals surface area contributed by atoms with Crippen molar-refractivity contribution in [1.29, 1.82) is 0 Å². The molecular weight excluding hydrogens is 338 g/mol. The Labute approximate surface area is 151 Å². The summed E-state index contributed by atoms with van der Waals surface area (Å²) in [6.45, 7) is 3.54. The van der Waals surface area contributed by atoms with Gasteiger partial charge < -0.3 is 10.2 Å². The number of rotatable bonds is 7. The van der Waals surface area contributed by atoms with Gasteiger partial charge >= 0.3 is 5.69 Å². The lowest BCUT2D eigenvalue weighted by atomic mass is 10.00. The second-order valence-corrected chi connectivity index (χ2v) is 7.19. The van der Waals surface area contributed by atoms with Gasteiger partial charge in [0.2, 0.25) is 11.6 Å². The van der Waals surface area contributed by atoms with Crippen molar-refractivity contribution in [3.8, 4) is 0 Å². The van der Waals surface area contributed by atoms with Crippen LogP contribution in [0, 0.1) is 10.1 Å². The zero-order chi connectivity index (χ0) is 17.6. The number of thiophene rings is 1. The molecule has 1 unspecified atom stereocenters. The van der Waals surface area contributed by atoms with Crippen molar-refractivity contribution in [2.24, 2.45) is 0 Å². The molecule has 0 amide bonds. The van der Waals surface area contributed by atoms with Crippen molar-refractivity contribution in [1.82, 2.24) is 9.97 Å². The van der Waals surface area contributed by atoms with Crippen molar-refractivity contribution >= 4 is 28.7 Å². The molecule has 0 aliphatic carbocycles. The normalized spacial score (nSPS) is 17.5. The summed E-state index contributed by atoms with van der Waals surface area (Å²) < 4.78 is 0. The number of aromatic nitrogens is 2. The molecule has 0 aromatic carbocycles. The van der Waals surface area contributed by atoms with Crippen LogP contribution in [0.25, 0.3) is 0 Å². The summed E-state index contributed by atoms with van der Waals surface area (Å²) in [5.41, 5.74) is -0.00553. The van der Waals surface area contributed by atoms with Gasteiger partial charge in [-0.25, -0.2) is 9.97 Å². The second-order valence-electron chi connectivity index (χ2n) is 6.16. The molecule has 134 valence electrons. The third-order valence-corrected chi connectivity index (χ3v) is 5.54. The number of nitro groups is 1. The molecule has 7 nitrogen and oxygen atoms in total. The number of nitrogens with one attached hydrogen (secondary N) is 1. The topological polar surface area (TPSA) is 84.2 Å². The van der Waals surface area contributed by atoms with E-state index in [1.165, 1.54) is 17.6 Å². The molecule has 1 N–H and O–H groups in total. The van der Waals surface area contributed by atoms with Gasteiger partial charge in [-0.2, -0.15) is 0 Å². The van der Waals surface area contributed by atoms with Crippen LogP contribution < -0.4 is 10.2 Å². The Morgan fingerprint density at radius 3 is 3.04 bits per heavy atom.